The standard InChI is InChI=1S/C11H16N2O4/c1-11(2,3)17-10(15)13-6-8(5-12)4-9(13)16-7-14/h7-9H,4,6H2,1-3H3/t8-,9+/m0/s1. The summed E-state index contributed by atoms with van der Waals surface area (Å²) in [5, 5.41) is 8.81. The molecule has 6 heteroatoms. The highest BCUT2D eigenvalue weighted by Gasteiger charge is 2.38. The van der Waals surface area contributed by atoms with Crippen LogP contribution in [-0.2, 0) is 14.3 Å². The van der Waals surface area contributed by atoms with Crippen LogP contribution >= 0.6 is 0 Å². The first kappa shape index (κ1) is 13.3. The number of nitrogens with zero attached hydrogens (tertiary/aromatic N) is 2. The smallest absolute Gasteiger partial charge is 0.413 e. The predicted octanol–water partition coefficient (Wildman–Crippen LogP) is 1.27. The van der Waals surface area contributed by atoms with Gasteiger partial charge in [-0.3, -0.25) is 9.69 Å². The van der Waals surface area contributed by atoms with Gasteiger partial charge in [0, 0.05) is 13.0 Å². The van der Waals surface area contributed by atoms with Gasteiger partial charge in [0.2, 0.25) is 0 Å². The lowest BCUT2D eigenvalue weighted by Crippen LogP contribution is -2.41. The summed E-state index contributed by atoms with van der Waals surface area (Å²) in [7, 11) is 0. The Labute approximate surface area is 100 Å². The fraction of sp³-hybridized carbons (Fsp3) is 0.727. The summed E-state index contributed by atoms with van der Waals surface area (Å²) in [5.41, 5.74) is -0.618. The van der Waals surface area contributed by atoms with Crippen molar-refractivity contribution < 1.29 is 19.1 Å². The maximum absolute atomic E-state index is 11.8. The lowest BCUT2D eigenvalue weighted by molar-refractivity contribution is -0.139. The second kappa shape index (κ2) is 5.04. The van der Waals surface area contributed by atoms with E-state index in [0.29, 0.717) is 6.42 Å². The van der Waals surface area contributed by atoms with Crippen LogP contribution in [0.15, 0.2) is 0 Å². The zero-order valence-electron chi connectivity index (χ0n) is 10.2. The average Bonchev–Trinajstić information content (AvgIpc) is 2.59. The van der Waals surface area contributed by atoms with E-state index in [-0.39, 0.29) is 18.9 Å². The molecule has 94 valence electrons. The molecule has 0 saturated carbocycles. The number of rotatable bonds is 2. The minimum atomic E-state index is -0.702. The largest absolute Gasteiger partial charge is 0.444 e. The second-order valence-corrected chi connectivity index (χ2v) is 4.88. The van der Waals surface area contributed by atoms with Crippen molar-refractivity contribution in [2.45, 2.75) is 39.0 Å². The lowest BCUT2D eigenvalue weighted by atomic mass is 10.1. The number of carbonyl (C=O) groups is 2. The lowest BCUT2D eigenvalue weighted by Gasteiger charge is -2.27. The van der Waals surface area contributed by atoms with E-state index < -0.39 is 17.9 Å². The Bertz CT molecular complexity index is 342. The van der Waals surface area contributed by atoms with Gasteiger partial charge in [0.25, 0.3) is 6.47 Å². The summed E-state index contributed by atoms with van der Waals surface area (Å²) >= 11 is 0. The molecule has 0 spiro atoms. The topological polar surface area (TPSA) is 79.6 Å². The quantitative estimate of drug-likeness (QED) is 0.679. The van der Waals surface area contributed by atoms with Crippen molar-refractivity contribution >= 4 is 12.6 Å². The first-order valence-electron chi connectivity index (χ1n) is 5.35. The maximum atomic E-state index is 11.8. The van der Waals surface area contributed by atoms with E-state index in [1.807, 2.05) is 0 Å². The Balaban J connectivity index is 2.70. The molecule has 0 radical (unpaired) electrons. The molecule has 1 heterocycles. The summed E-state index contributed by atoms with van der Waals surface area (Å²) < 4.78 is 9.95. The Kier molecular flexibility index (Phi) is 3.94. The summed E-state index contributed by atoms with van der Waals surface area (Å²) in [6, 6.07) is 2.05. The van der Waals surface area contributed by atoms with Crippen LogP contribution < -0.4 is 0 Å². The molecule has 2 atom stereocenters. The normalized spacial score (nSPS) is 24.0. The van der Waals surface area contributed by atoms with Crippen molar-refractivity contribution in [1.29, 1.82) is 5.26 Å². The van der Waals surface area contributed by atoms with Gasteiger partial charge in [-0.05, 0) is 20.8 Å². The van der Waals surface area contributed by atoms with Gasteiger partial charge in [0.05, 0.1) is 12.0 Å². The third-order valence-corrected chi connectivity index (χ3v) is 2.27. The summed E-state index contributed by atoms with van der Waals surface area (Å²) in [6.07, 6.45) is -0.941. The van der Waals surface area contributed by atoms with Crippen LogP contribution in [0.4, 0.5) is 4.79 Å². The van der Waals surface area contributed by atoms with Gasteiger partial charge < -0.3 is 9.47 Å². The van der Waals surface area contributed by atoms with Crippen molar-refractivity contribution in [3.05, 3.63) is 0 Å². The van der Waals surface area contributed by atoms with Gasteiger partial charge >= 0.3 is 6.09 Å². The molecule has 0 N–H and O–H groups in total. The molecule has 1 fully saturated rings. The van der Waals surface area contributed by atoms with Crippen LogP contribution in [0.25, 0.3) is 0 Å². The maximum Gasteiger partial charge on any atom is 0.413 e. The molecular formula is C11H16N2O4. The third-order valence-electron chi connectivity index (χ3n) is 2.27. The highest BCUT2D eigenvalue weighted by atomic mass is 16.6. The van der Waals surface area contributed by atoms with Gasteiger partial charge in [-0.2, -0.15) is 5.26 Å². The number of hydrogen-bond acceptors (Lipinski definition) is 5. The van der Waals surface area contributed by atoms with E-state index >= 15 is 0 Å². The highest BCUT2D eigenvalue weighted by molar-refractivity contribution is 5.69. The second-order valence-electron chi connectivity index (χ2n) is 4.88. The Morgan fingerprint density at radius 2 is 2.18 bits per heavy atom. The molecule has 1 aliphatic heterocycles. The minimum Gasteiger partial charge on any atom is -0.444 e. The molecule has 17 heavy (non-hydrogen) atoms. The number of amides is 1. The van der Waals surface area contributed by atoms with Gasteiger partial charge in [-0.25, -0.2) is 4.79 Å². The van der Waals surface area contributed by atoms with Crippen molar-refractivity contribution in [2.75, 3.05) is 6.54 Å². The zero-order valence-corrected chi connectivity index (χ0v) is 10.2. The van der Waals surface area contributed by atoms with E-state index in [0.717, 1.165) is 0 Å². The zero-order chi connectivity index (χ0) is 13.1. The van der Waals surface area contributed by atoms with Crippen molar-refractivity contribution in [1.82, 2.24) is 4.90 Å². The number of carbonyl (C=O) groups excluding carboxylic acids is 2. The molecule has 0 bridgehead atoms. The molecule has 6 nitrogen and oxygen atoms in total. The van der Waals surface area contributed by atoms with Gasteiger partial charge in [0.1, 0.15) is 5.60 Å². The molecule has 0 aliphatic carbocycles. The van der Waals surface area contributed by atoms with Crippen molar-refractivity contribution in [2.24, 2.45) is 5.92 Å². The van der Waals surface area contributed by atoms with E-state index in [1.165, 1.54) is 4.90 Å². The van der Waals surface area contributed by atoms with Crippen LogP contribution in [0.2, 0.25) is 0 Å². The Morgan fingerprint density at radius 1 is 1.53 bits per heavy atom. The third kappa shape index (κ3) is 3.63. The molecule has 0 unspecified atom stereocenters. The van der Waals surface area contributed by atoms with Crippen LogP contribution in [0, 0.1) is 17.2 Å². The molecule has 1 rings (SSSR count). The first-order chi connectivity index (χ1) is 7.87. The predicted molar refractivity (Wildman–Crippen MR) is 57.6 cm³/mol. The van der Waals surface area contributed by atoms with Crippen LogP contribution in [0.1, 0.15) is 27.2 Å². The molecule has 0 aromatic carbocycles. The molecule has 1 aliphatic rings. The average molecular weight is 240 g/mol. The SMILES string of the molecule is CC(C)(C)OC(=O)N1C[C@H](C#N)C[C@H]1OC=O. The number of hydrogen-bond donors (Lipinski definition) is 0. The van der Waals surface area contributed by atoms with Crippen molar-refractivity contribution in [3.8, 4) is 6.07 Å². The van der Waals surface area contributed by atoms with Crippen molar-refractivity contribution in [3.63, 3.8) is 0 Å². The first-order valence-corrected chi connectivity index (χ1v) is 5.35. The van der Waals surface area contributed by atoms with E-state index in [4.69, 9.17) is 14.7 Å². The van der Waals surface area contributed by atoms with E-state index in [9.17, 15) is 9.59 Å². The fourth-order valence-electron chi connectivity index (χ4n) is 1.60. The molecule has 0 aromatic rings. The Hall–Kier alpha value is -1.77. The summed E-state index contributed by atoms with van der Waals surface area (Å²) in [6.45, 7) is 5.75. The number of nitriles is 1. The van der Waals surface area contributed by atoms with Gasteiger partial charge in [-0.15, -0.1) is 0 Å². The van der Waals surface area contributed by atoms with Crippen LogP contribution in [0.3, 0.4) is 0 Å². The highest BCUT2D eigenvalue weighted by Crippen LogP contribution is 2.25. The fourth-order valence-corrected chi connectivity index (χ4v) is 1.60. The van der Waals surface area contributed by atoms with E-state index in [1.54, 1.807) is 20.8 Å². The minimum absolute atomic E-state index is 0.226. The molecular weight excluding hydrogens is 224 g/mol. The summed E-state index contributed by atoms with van der Waals surface area (Å²) in [4.78, 5) is 23.4. The van der Waals surface area contributed by atoms with E-state index in [2.05, 4.69) is 6.07 Å². The van der Waals surface area contributed by atoms with Crippen LogP contribution in [0.5, 0.6) is 0 Å². The molecule has 1 amide bonds. The monoisotopic (exact) mass is 240 g/mol. The molecule has 1 saturated heterocycles. The number of ether oxygens (including phenoxy) is 2. The number of likely N-dealkylation sites (tertiary alicyclic amines) is 1. The van der Waals surface area contributed by atoms with Crippen LogP contribution in [-0.4, -0.2) is 35.8 Å². The molecule has 0 aromatic heterocycles. The summed E-state index contributed by atoms with van der Waals surface area (Å²) in [5.74, 6) is -0.326. The Morgan fingerprint density at radius 3 is 2.65 bits per heavy atom. The van der Waals surface area contributed by atoms with Gasteiger partial charge in [-0.1, -0.05) is 0 Å². The van der Waals surface area contributed by atoms with Gasteiger partial charge in [0.15, 0.2) is 6.23 Å².